The SMILES string of the molecule is CC(C)CNCC(O)COc1ccc(CCO)cc1. The summed E-state index contributed by atoms with van der Waals surface area (Å²) in [7, 11) is 0. The molecule has 19 heavy (non-hydrogen) atoms. The second-order valence-electron chi connectivity index (χ2n) is 5.13. The van der Waals surface area contributed by atoms with Crippen molar-refractivity contribution in [3.05, 3.63) is 29.8 Å². The Morgan fingerprint density at radius 3 is 2.42 bits per heavy atom. The Hall–Kier alpha value is -1.10. The Bertz CT molecular complexity index is 338. The van der Waals surface area contributed by atoms with E-state index in [1.807, 2.05) is 24.3 Å². The summed E-state index contributed by atoms with van der Waals surface area (Å²) < 4.78 is 5.51. The topological polar surface area (TPSA) is 61.7 Å². The zero-order chi connectivity index (χ0) is 14.1. The number of aliphatic hydroxyl groups is 2. The summed E-state index contributed by atoms with van der Waals surface area (Å²) in [6, 6.07) is 7.57. The first-order valence-corrected chi connectivity index (χ1v) is 6.83. The summed E-state index contributed by atoms with van der Waals surface area (Å²) in [5.41, 5.74) is 1.08. The highest BCUT2D eigenvalue weighted by molar-refractivity contribution is 5.27. The van der Waals surface area contributed by atoms with Gasteiger partial charge in [0.15, 0.2) is 0 Å². The molecule has 0 aromatic heterocycles. The molecular formula is C15H25NO3. The first-order valence-electron chi connectivity index (χ1n) is 6.83. The van der Waals surface area contributed by atoms with E-state index >= 15 is 0 Å². The molecule has 0 radical (unpaired) electrons. The maximum absolute atomic E-state index is 9.74. The van der Waals surface area contributed by atoms with Crippen LogP contribution in [0.1, 0.15) is 19.4 Å². The van der Waals surface area contributed by atoms with Crippen LogP contribution in [-0.2, 0) is 6.42 Å². The Morgan fingerprint density at radius 2 is 1.84 bits per heavy atom. The molecule has 0 aliphatic rings. The fourth-order valence-corrected chi connectivity index (χ4v) is 1.67. The molecule has 108 valence electrons. The lowest BCUT2D eigenvalue weighted by atomic mass is 10.1. The molecule has 0 aliphatic heterocycles. The van der Waals surface area contributed by atoms with E-state index in [2.05, 4.69) is 19.2 Å². The van der Waals surface area contributed by atoms with Gasteiger partial charge in [0.05, 0.1) is 0 Å². The summed E-state index contributed by atoms with van der Waals surface area (Å²) in [6.07, 6.45) is 0.151. The van der Waals surface area contributed by atoms with Crippen LogP contribution in [0.5, 0.6) is 5.75 Å². The molecule has 0 spiro atoms. The number of hydrogen-bond acceptors (Lipinski definition) is 4. The average molecular weight is 267 g/mol. The number of rotatable bonds is 9. The van der Waals surface area contributed by atoms with Crippen molar-refractivity contribution < 1.29 is 14.9 Å². The first-order chi connectivity index (χ1) is 9.11. The van der Waals surface area contributed by atoms with Gasteiger partial charge in [0, 0.05) is 13.2 Å². The van der Waals surface area contributed by atoms with E-state index in [0.717, 1.165) is 17.9 Å². The van der Waals surface area contributed by atoms with Crippen LogP contribution in [0.4, 0.5) is 0 Å². The van der Waals surface area contributed by atoms with Gasteiger partial charge in [-0.1, -0.05) is 26.0 Å². The zero-order valence-corrected chi connectivity index (χ0v) is 11.8. The van der Waals surface area contributed by atoms with Gasteiger partial charge in [0.25, 0.3) is 0 Å². The van der Waals surface area contributed by atoms with Gasteiger partial charge in [-0.3, -0.25) is 0 Å². The average Bonchev–Trinajstić information content (AvgIpc) is 2.38. The molecular weight excluding hydrogens is 242 g/mol. The fourth-order valence-electron chi connectivity index (χ4n) is 1.67. The summed E-state index contributed by atoms with van der Waals surface area (Å²) in [6.45, 7) is 6.13. The molecule has 4 nitrogen and oxygen atoms in total. The van der Waals surface area contributed by atoms with Crippen molar-refractivity contribution >= 4 is 0 Å². The standard InChI is InChI=1S/C15H25NO3/c1-12(2)9-16-10-14(18)11-19-15-5-3-13(4-6-15)7-8-17/h3-6,12,14,16-18H,7-11H2,1-2H3. The Kier molecular flexibility index (Phi) is 7.48. The van der Waals surface area contributed by atoms with Gasteiger partial charge < -0.3 is 20.3 Å². The van der Waals surface area contributed by atoms with E-state index in [1.54, 1.807) is 0 Å². The highest BCUT2D eigenvalue weighted by Gasteiger charge is 2.05. The number of aliphatic hydroxyl groups excluding tert-OH is 2. The number of ether oxygens (including phenoxy) is 1. The highest BCUT2D eigenvalue weighted by Crippen LogP contribution is 2.12. The van der Waals surface area contributed by atoms with Crippen molar-refractivity contribution in [3.8, 4) is 5.75 Å². The largest absolute Gasteiger partial charge is 0.491 e. The molecule has 0 bridgehead atoms. The summed E-state index contributed by atoms with van der Waals surface area (Å²) in [5, 5.41) is 21.7. The van der Waals surface area contributed by atoms with Crippen molar-refractivity contribution in [2.75, 3.05) is 26.3 Å². The quantitative estimate of drug-likeness (QED) is 0.629. The molecule has 1 aromatic carbocycles. The Labute approximate surface area is 115 Å². The molecule has 0 fully saturated rings. The second kappa shape index (κ2) is 8.91. The molecule has 0 amide bonds. The van der Waals surface area contributed by atoms with Crippen molar-refractivity contribution in [3.63, 3.8) is 0 Å². The lowest BCUT2D eigenvalue weighted by Crippen LogP contribution is -2.33. The van der Waals surface area contributed by atoms with E-state index in [9.17, 15) is 5.11 Å². The third kappa shape index (κ3) is 7.15. The molecule has 1 atom stereocenters. The van der Waals surface area contributed by atoms with Crippen LogP contribution in [0, 0.1) is 5.92 Å². The molecule has 0 aliphatic carbocycles. The van der Waals surface area contributed by atoms with Crippen LogP contribution < -0.4 is 10.1 Å². The first kappa shape index (κ1) is 16.0. The number of benzene rings is 1. The Morgan fingerprint density at radius 1 is 1.16 bits per heavy atom. The van der Waals surface area contributed by atoms with Gasteiger partial charge in [-0.2, -0.15) is 0 Å². The predicted octanol–water partition coefficient (Wildman–Crippen LogP) is 1.21. The van der Waals surface area contributed by atoms with E-state index in [4.69, 9.17) is 9.84 Å². The van der Waals surface area contributed by atoms with Crippen LogP contribution in [0.15, 0.2) is 24.3 Å². The van der Waals surface area contributed by atoms with Crippen molar-refractivity contribution in [1.29, 1.82) is 0 Å². The zero-order valence-electron chi connectivity index (χ0n) is 11.8. The summed E-state index contributed by atoms with van der Waals surface area (Å²) in [5.74, 6) is 1.32. The molecule has 1 rings (SSSR count). The lowest BCUT2D eigenvalue weighted by Gasteiger charge is -2.14. The normalized spacial score (nSPS) is 12.7. The molecule has 1 aromatic rings. The van der Waals surface area contributed by atoms with E-state index < -0.39 is 6.10 Å². The van der Waals surface area contributed by atoms with Crippen molar-refractivity contribution in [2.45, 2.75) is 26.4 Å². The molecule has 0 heterocycles. The number of nitrogens with one attached hydrogen (secondary N) is 1. The van der Waals surface area contributed by atoms with Crippen LogP contribution >= 0.6 is 0 Å². The van der Waals surface area contributed by atoms with Crippen molar-refractivity contribution in [2.24, 2.45) is 5.92 Å². The molecule has 1 unspecified atom stereocenters. The highest BCUT2D eigenvalue weighted by atomic mass is 16.5. The van der Waals surface area contributed by atoms with E-state index in [0.29, 0.717) is 18.9 Å². The molecule has 0 saturated carbocycles. The molecule has 4 heteroatoms. The second-order valence-corrected chi connectivity index (χ2v) is 5.13. The van der Waals surface area contributed by atoms with E-state index in [1.165, 1.54) is 0 Å². The predicted molar refractivity (Wildman–Crippen MR) is 76.4 cm³/mol. The van der Waals surface area contributed by atoms with Gasteiger partial charge in [0.2, 0.25) is 0 Å². The lowest BCUT2D eigenvalue weighted by molar-refractivity contribution is 0.106. The maximum atomic E-state index is 9.74. The molecule has 0 saturated heterocycles. The van der Waals surface area contributed by atoms with Crippen LogP contribution in [0.2, 0.25) is 0 Å². The minimum atomic E-state index is -0.504. The summed E-state index contributed by atoms with van der Waals surface area (Å²) >= 11 is 0. The van der Waals surface area contributed by atoms with Crippen LogP contribution in [0.25, 0.3) is 0 Å². The van der Waals surface area contributed by atoms with Gasteiger partial charge in [-0.15, -0.1) is 0 Å². The monoisotopic (exact) mass is 267 g/mol. The third-order valence-corrected chi connectivity index (χ3v) is 2.70. The smallest absolute Gasteiger partial charge is 0.119 e. The maximum Gasteiger partial charge on any atom is 0.119 e. The Balaban J connectivity index is 2.23. The van der Waals surface area contributed by atoms with Crippen LogP contribution in [0.3, 0.4) is 0 Å². The fraction of sp³-hybridized carbons (Fsp3) is 0.600. The molecule has 3 N–H and O–H groups in total. The van der Waals surface area contributed by atoms with E-state index in [-0.39, 0.29) is 13.2 Å². The minimum Gasteiger partial charge on any atom is -0.491 e. The van der Waals surface area contributed by atoms with Crippen molar-refractivity contribution in [1.82, 2.24) is 5.32 Å². The minimum absolute atomic E-state index is 0.153. The van der Waals surface area contributed by atoms with Gasteiger partial charge in [-0.25, -0.2) is 0 Å². The third-order valence-electron chi connectivity index (χ3n) is 2.70. The van der Waals surface area contributed by atoms with Gasteiger partial charge in [-0.05, 0) is 36.6 Å². The number of hydrogen-bond donors (Lipinski definition) is 3. The van der Waals surface area contributed by atoms with Gasteiger partial charge >= 0.3 is 0 Å². The summed E-state index contributed by atoms with van der Waals surface area (Å²) in [4.78, 5) is 0. The van der Waals surface area contributed by atoms with Crippen LogP contribution in [-0.4, -0.2) is 42.6 Å². The van der Waals surface area contributed by atoms with Gasteiger partial charge in [0.1, 0.15) is 18.5 Å².